The summed E-state index contributed by atoms with van der Waals surface area (Å²) < 4.78 is 4.97. The smallest absolute Gasteiger partial charge is 0.289 e. The molecule has 1 fully saturated rings. The lowest BCUT2D eigenvalue weighted by Gasteiger charge is -2.27. The summed E-state index contributed by atoms with van der Waals surface area (Å²) in [7, 11) is 0. The number of ether oxygens (including phenoxy) is 1. The third-order valence-corrected chi connectivity index (χ3v) is 2.30. The Morgan fingerprint density at radius 3 is 2.81 bits per heavy atom. The maximum absolute atomic E-state index is 10.8. The first-order valence-electron chi connectivity index (χ1n) is 4.71. The molecule has 1 N–H and O–H groups in total. The van der Waals surface area contributed by atoms with Gasteiger partial charge in [0, 0.05) is 6.07 Å². The van der Waals surface area contributed by atoms with Crippen LogP contribution in [0.2, 0.25) is 0 Å². The Bertz CT molecular complexity index is 463. The van der Waals surface area contributed by atoms with Crippen molar-refractivity contribution in [2.75, 3.05) is 18.5 Å². The highest BCUT2D eigenvalue weighted by atomic mass is 16.6. The molecule has 6 nitrogen and oxygen atoms in total. The number of nitro benzene ring substituents is 1. The van der Waals surface area contributed by atoms with E-state index in [0.29, 0.717) is 24.6 Å². The van der Waals surface area contributed by atoms with Crippen LogP contribution in [0.5, 0.6) is 0 Å². The molecule has 2 rings (SSSR count). The first-order chi connectivity index (χ1) is 7.70. The molecule has 0 bridgehead atoms. The van der Waals surface area contributed by atoms with Gasteiger partial charge in [-0.3, -0.25) is 10.1 Å². The minimum Gasteiger partial charge on any atom is -0.377 e. The van der Waals surface area contributed by atoms with Crippen molar-refractivity contribution in [2.24, 2.45) is 0 Å². The summed E-state index contributed by atoms with van der Waals surface area (Å²) >= 11 is 0. The van der Waals surface area contributed by atoms with Gasteiger partial charge in [-0.1, -0.05) is 0 Å². The maximum atomic E-state index is 10.8. The number of hydrogen-bond acceptors (Lipinski definition) is 4. The summed E-state index contributed by atoms with van der Waals surface area (Å²) in [6, 6.07) is 4.37. The van der Waals surface area contributed by atoms with Crippen LogP contribution in [0.4, 0.5) is 17.1 Å². The van der Waals surface area contributed by atoms with Crippen LogP contribution in [0.25, 0.3) is 4.85 Å². The highest BCUT2D eigenvalue weighted by Gasteiger charge is 2.22. The molecule has 82 valence electrons. The second-order valence-corrected chi connectivity index (χ2v) is 3.45. The average molecular weight is 219 g/mol. The predicted octanol–water partition coefficient (Wildman–Crippen LogP) is 1.96. The van der Waals surface area contributed by atoms with Crippen LogP contribution in [0.15, 0.2) is 18.2 Å². The summed E-state index contributed by atoms with van der Waals surface area (Å²) in [5, 5.41) is 13.8. The molecule has 0 amide bonds. The molecular formula is C10H9N3O3. The molecule has 1 aromatic rings. The van der Waals surface area contributed by atoms with Crippen LogP contribution in [0.3, 0.4) is 0 Å². The van der Waals surface area contributed by atoms with Crippen molar-refractivity contribution in [3.8, 4) is 0 Å². The standard InChI is InChI=1S/C10H9N3O3/c1-11-7-2-3-10(13(14)15)9(4-7)12-8-5-16-6-8/h2-4,8,12H,5-6H2. The van der Waals surface area contributed by atoms with Gasteiger partial charge in [-0.05, 0) is 12.1 Å². The summed E-state index contributed by atoms with van der Waals surface area (Å²) in [6.45, 7) is 7.94. The van der Waals surface area contributed by atoms with Gasteiger partial charge in [0.05, 0.1) is 30.8 Å². The van der Waals surface area contributed by atoms with Crippen molar-refractivity contribution >= 4 is 17.1 Å². The molecule has 0 radical (unpaired) electrons. The van der Waals surface area contributed by atoms with Crippen molar-refractivity contribution in [3.63, 3.8) is 0 Å². The minimum absolute atomic E-state index is 0.0145. The van der Waals surface area contributed by atoms with Gasteiger partial charge in [0.2, 0.25) is 0 Å². The van der Waals surface area contributed by atoms with E-state index in [1.54, 1.807) is 0 Å². The lowest BCUT2D eigenvalue weighted by atomic mass is 10.2. The van der Waals surface area contributed by atoms with E-state index in [9.17, 15) is 10.1 Å². The number of nitrogens with one attached hydrogen (secondary N) is 1. The monoisotopic (exact) mass is 219 g/mol. The molecule has 16 heavy (non-hydrogen) atoms. The van der Waals surface area contributed by atoms with E-state index in [-0.39, 0.29) is 11.7 Å². The number of anilines is 1. The lowest BCUT2D eigenvalue weighted by molar-refractivity contribution is -0.384. The summed E-state index contributed by atoms with van der Waals surface area (Å²) in [4.78, 5) is 13.5. The molecule has 0 unspecified atom stereocenters. The molecule has 0 aromatic heterocycles. The van der Waals surface area contributed by atoms with Crippen LogP contribution in [0, 0.1) is 16.7 Å². The molecule has 1 heterocycles. The van der Waals surface area contributed by atoms with Crippen molar-refractivity contribution in [3.05, 3.63) is 39.7 Å². The Hall–Kier alpha value is -2.13. The number of nitro groups is 1. The molecule has 6 heteroatoms. The summed E-state index contributed by atoms with van der Waals surface area (Å²) in [6.07, 6.45) is 0. The Morgan fingerprint density at radius 1 is 1.56 bits per heavy atom. The largest absolute Gasteiger partial charge is 0.377 e. The van der Waals surface area contributed by atoms with Gasteiger partial charge in [0.15, 0.2) is 5.69 Å². The van der Waals surface area contributed by atoms with Crippen molar-refractivity contribution in [1.82, 2.24) is 0 Å². The number of nitrogens with zero attached hydrogens (tertiary/aromatic N) is 2. The third kappa shape index (κ3) is 1.94. The van der Waals surface area contributed by atoms with Crippen molar-refractivity contribution < 1.29 is 9.66 Å². The topological polar surface area (TPSA) is 68.8 Å². The zero-order chi connectivity index (χ0) is 11.5. The number of benzene rings is 1. The molecular weight excluding hydrogens is 210 g/mol. The normalized spacial score (nSPS) is 14.9. The Labute approximate surface area is 91.8 Å². The van der Waals surface area contributed by atoms with Crippen LogP contribution in [-0.2, 0) is 4.74 Å². The van der Waals surface area contributed by atoms with E-state index in [1.807, 2.05) is 0 Å². The number of hydrogen-bond donors (Lipinski definition) is 1. The minimum atomic E-state index is -0.463. The molecule has 0 saturated carbocycles. The third-order valence-electron chi connectivity index (χ3n) is 2.30. The van der Waals surface area contributed by atoms with E-state index in [1.165, 1.54) is 18.2 Å². The fourth-order valence-corrected chi connectivity index (χ4v) is 1.41. The zero-order valence-electron chi connectivity index (χ0n) is 8.34. The molecule has 0 spiro atoms. The van der Waals surface area contributed by atoms with Crippen LogP contribution >= 0.6 is 0 Å². The second-order valence-electron chi connectivity index (χ2n) is 3.45. The van der Waals surface area contributed by atoms with E-state index in [0.717, 1.165) is 0 Å². The first kappa shape index (κ1) is 10.4. The molecule has 0 atom stereocenters. The van der Waals surface area contributed by atoms with Gasteiger partial charge >= 0.3 is 0 Å². The van der Waals surface area contributed by atoms with E-state index >= 15 is 0 Å². The lowest BCUT2D eigenvalue weighted by Crippen LogP contribution is -2.40. The van der Waals surface area contributed by atoms with Crippen molar-refractivity contribution in [2.45, 2.75) is 6.04 Å². The van der Waals surface area contributed by atoms with Gasteiger partial charge in [-0.15, -0.1) is 0 Å². The predicted molar refractivity (Wildman–Crippen MR) is 57.6 cm³/mol. The van der Waals surface area contributed by atoms with E-state index in [2.05, 4.69) is 10.2 Å². The highest BCUT2D eigenvalue weighted by molar-refractivity contribution is 5.69. The van der Waals surface area contributed by atoms with Gasteiger partial charge in [0.1, 0.15) is 5.69 Å². The van der Waals surface area contributed by atoms with Gasteiger partial charge in [0.25, 0.3) is 5.69 Å². The molecule has 1 aliphatic heterocycles. The highest BCUT2D eigenvalue weighted by Crippen LogP contribution is 2.30. The van der Waals surface area contributed by atoms with Gasteiger partial charge in [-0.25, -0.2) is 4.85 Å². The van der Waals surface area contributed by atoms with Gasteiger partial charge < -0.3 is 10.1 Å². The van der Waals surface area contributed by atoms with E-state index in [4.69, 9.17) is 11.3 Å². The maximum Gasteiger partial charge on any atom is 0.289 e. The Kier molecular flexibility index (Phi) is 2.70. The first-order valence-corrected chi connectivity index (χ1v) is 4.71. The fourth-order valence-electron chi connectivity index (χ4n) is 1.41. The van der Waals surface area contributed by atoms with Crippen molar-refractivity contribution in [1.29, 1.82) is 0 Å². The summed E-state index contributed by atoms with van der Waals surface area (Å²) in [5.41, 5.74) is 0.749. The molecule has 1 aliphatic rings. The quantitative estimate of drug-likeness (QED) is 0.479. The SMILES string of the molecule is [C-]#[N+]c1ccc([N+](=O)[O-])c(NC2COC2)c1. The zero-order valence-corrected chi connectivity index (χ0v) is 8.34. The van der Waals surface area contributed by atoms with Crippen LogP contribution in [-0.4, -0.2) is 24.2 Å². The Morgan fingerprint density at radius 2 is 2.31 bits per heavy atom. The van der Waals surface area contributed by atoms with Crippen LogP contribution in [0.1, 0.15) is 0 Å². The van der Waals surface area contributed by atoms with Crippen LogP contribution < -0.4 is 5.32 Å². The van der Waals surface area contributed by atoms with Gasteiger partial charge in [-0.2, -0.15) is 0 Å². The molecule has 1 saturated heterocycles. The molecule has 1 aromatic carbocycles. The second kappa shape index (κ2) is 4.16. The fraction of sp³-hybridized carbons (Fsp3) is 0.300. The molecule has 0 aliphatic carbocycles. The Balaban J connectivity index is 2.30. The number of rotatable bonds is 3. The average Bonchev–Trinajstić information content (AvgIpc) is 2.22. The van der Waals surface area contributed by atoms with E-state index < -0.39 is 4.92 Å². The summed E-state index contributed by atoms with van der Waals surface area (Å²) in [5.74, 6) is 0.